The van der Waals surface area contributed by atoms with E-state index < -0.39 is 6.10 Å². The first kappa shape index (κ1) is 14.8. The normalized spacial score (nSPS) is 26.7. The molecule has 1 atom stereocenters. The van der Waals surface area contributed by atoms with Gasteiger partial charge in [-0.3, -0.25) is 4.79 Å². The van der Waals surface area contributed by atoms with Crippen molar-refractivity contribution in [3.05, 3.63) is 0 Å². The van der Waals surface area contributed by atoms with Crippen molar-refractivity contribution in [1.82, 2.24) is 5.32 Å². The number of carbonyl (C=O) groups excluding carboxylic acids is 1. The molecule has 2 fully saturated rings. The van der Waals surface area contributed by atoms with Crippen LogP contribution < -0.4 is 11.1 Å². The smallest absolute Gasteiger partial charge is 0.249 e. The Morgan fingerprint density at radius 2 is 1.89 bits per heavy atom. The van der Waals surface area contributed by atoms with Crippen LogP contribution in [-0.2, 0) is 9.53 Å². The summed E-state index contributed by atoms with van der Waals surface area (Å²) < 4.78 is 6.07. The van der Waals surface area contributed by atoms with Gasteiger partial charge in [0.05, 0.1) is 5.60 Å². The summed E-state index contributed by atoms with van der Waals surface area (Å²) in [6, 6.07) is 0.387. The molecule has 0 heterocycles. The van der Waals surface area contributed by atoms with Crippen molar-refractivity contribution in [3.8, 4) is 0 Å². The predicted octanol–water partition coefficient (Wildman–Crippen LogP) is 1.97. The van der Waals surface area contributed by atoms with E-state index in [2.05, 4.69) is 19.2 Å². The molecule has 0 bridgehead atoms. The lowest BCUT2D eigenvalue weighted by molar-refractivity contribution is -0.152. The van der Waals surface area contributed by atoms with E-state index in [1.165, 1.54) is 0 Å². The zero-order valence-electron chi connectivity index (χ0n) is 12.5. The van der Waals surface area contributed by atoms with Crippen LogP contribution in [0.5, 0.6) is 0 Å². The molecule has 0 saturated heterocycles. The molecule has 1 unspecified atom stereocenters. The molecule has 0 aliphatic heterocycles. The quantitative estimate of drug-likeness (QED) is 0.801. The highest BCUT2D eigenvalue weighted by Gasteiger charge is 2.40. The minimum Gasteiger partial charge on any atom is -0.361 e. The highest BCUT2D eigenvalue weighted by atomic mass is 16.5. The molecule has 0 spiro atoms. The Morgan fingerprint density at radius 3 is 2.37 bits per heavy atom. The van der Waals surface area contributed by atoms with Gasteiger partial charge in [0, 0.05) is 12.6 Å². The minimum absolute atomic E-state index is 0.0140. The monoisotopic (exact) mass is 268 g/mol. The van der Waals surface area contributed by atoms with Gasteiger partial charge in [-0.1, -0.05) is 13.8 Å². The molecule has 2 aliphatic carbocycles. The SMILES string of the molecule is CC(OC1(CN)CCC(C)(C)CC1)C(=O)NC1CC1. The largest absolute Gasteiger partial charge is 0.361 e. The molecule has 110 valence electrons. The fourth-order valence-corrected chi connectivity index (χ4v) is 2.73. The third-order valence-electron chi connectivity index (χ3n) is 4.61. The molecule has 2 rings (SSSR count). The lowest BCUT2D eigenvalue weighted by atomic mass is 9.71. The molecule has 2 saturated carbocycles. The van der Waals surface area contributed by atoms with E-state index in [1.54, 1.807) is 0 Å². The van der Waals surface area contributed by atoms with Gasteiger partial charge >= 0.3 is 0 Å². The van der Waals surface area contributed by atoms with E-state index in [0.29, 0.717) is 18.0 Å². The second-order valence-corrected chi connectivity index (χ2v) is 7.09. The number of hydrogen-bond donors (Lipinski definition) is 2. The first-order chi connectivity index (χ1) is 8.86. The van der Waals surface area contributed by atoms with Crippen molar-refractivity contribution in [1.29, 1.82) is 0 Å². The molecule has 0 aromatic carbocycles. The summed E-state index contributed by atoms with van der Waals surface area (Å²) in [6.07, 6.45) is 5.95. The van der Waals surface area contributed by atoms with Crippen LogP contribution in [0.3, 0.4) is 0 Å². The number of nitrogens with two attached hydrogens (primary N) is 1. The van der Waals surface area contributed by atoms with Crippen LogP contribution in [0.4, 0.5) is 0 Å². The summed E-state index contributed by atoms with van der Waals surface area (Å²) in [4.78, 5) is 12.0. The summed E-state index contributed by atoms with van der Waals surface area (Å²) >= 11 is 0. The molecule has 0 radical (unpaired) electrons. The van der Waals surface area contributed by atoms with Crippen molar-refractivity contribution in [3.63, 3.8) is 0 Å². The first-order valence-corrected chi connectivity index (χ1v) is 7.54. The van der Waals surface area contributed by atoms with Crippen molar-refractivity contribution in [2.45, 2.75) is 77.0 Å². The summed E-state index contributed by atoms with van der Waals surface area (Å²) in [6.45, 7) is 6.92. The van der Waals surface area contributed by atoms with E-state index >= 15 is 0 Å². The number of ether oxygens (including phenoxy) is 1. The van der Waals surface area contributed by atoms with Gasteiger partial charge in [0.25, 0.3) is 0 Å². The van der Waals surface area contributed by atoms with Crippen molar-refractivity contribution < 1.29 is 9.53 Å². The molecule has 3 N–H and O–H groups in total. The number of amides is 1. The van der Waals surface area contributed by atoms with Gasteiger partial charge in [-0.25, -0.2) is 0 Å². The van der Waals surface area contributed by atoms with Gasteiger partial charge < -0.3 is 15.8 Å². The zero-order chi connectivity index (χ0) is 14.1. The summed E-state index contributed by atoms with van der Waals surface area (Å²) in [7, 11) is 0. The summed E-state index contributed by atoms with van der Waals surface area (Å²) in [5.41, 5.74) is 6.01. The Bertz CT molecular complexity index is 327. The highest BCUT2D eigenvalue weighted by Crippen LogP contribution is 2.42. The number of rotatable bonds is 5. The maximum absolute atomic E-state index is 12.0. The zero-order valence-corrected chi connectivity index (χ0v) is 12.5. The highest BCUT2D eigenvalue weighted by molar-refractivity contribution is 5.80. The average Bonchev–Trinajstić information content (AvgIpc) is 3.16. The summed E-state index contributed by atoms with van der Waals surface area (Å²) in [5.74, 6) is 0.0140. The minimum atomic E-state index is -0.398. The van der Waals surface area contributed by atoms with Crippen LogP contribution in [0.25, 0.3) is 0 Å². The average molecular weight is 268 g/mol. The van der Waals surface area contributed by atoms with Crippen molar-refractivity contribution in [2.24, 2.45) is 11.1 Å². The second kappa shape index (κ2) is 5.41. The first-order valence-electron chi connectivity index (χ1n) is 7.54. The van der Waals surface area contributed by atoms with Crippen LogP contribution in [0, 0.1) is 5.41 Å². The van der Waals surface area contributed by atoms with Gasteiger partial charge in [-0.15, -0.1) is 0 Å². The van der Waals surface area contributed by atoms with Crippen molar-refractivity contribution in [2.75, 3.05) is 6.54 Å². The molecule has 4 nitrogen and oxygen atoms in total. The Labute approximate surface area is 116 Å². The Kier molecular flexibility index (Phi) is 4.21. The van der Waals surface area contributed by atoms with E-state index in [4.69, 9.17) is 10.5 Å². The third kappa shape index (κ3) is 3.93. The van der Waals surface area contributed by atoms with E-state index in [-0.39, 0.29) is 11.5 Å². The fraction of sp³-hybridized carbons (Fsp3) is 0.933. The summed E-state index contributed by atoms with van der Waals surface area (Å²) in [5, 5.41) is 3.00. The van der Waals surface area contributed by atoms with Crippen LogP contribution in [0.2, 0.25) is 0 Å². The molecular weight excluding hydrogens is 240 g/mol. The molecule has 0 aromatic heterocycles. The third-order valence-corrected chi connectivity index (χ3v) is 4.61. The molecule has 1 amide bonds. The molecule has 19 heavy (non-hydrogen) atoms. The van der Waals surface area contributed by atoms with E-state index in [9.17, 15) is 4.79 Å². The van der Waals surface area contributed by atoms with E-state index in [0.717, 1.165) is 38.5 Å². The van der Waals surface area contributed by atoms with Gasteiger partial charge in [0.2, 0.25) is 5.91 Å². The standard InChI is InChI=1S/C15H28N2O2/c1-11(13(18)17-12-4-5-12)19-15(10-16)8-6-14(2,3)7-9-15/h11-12H,4-10,16H2,1-3H3,(H,17,18). The molecule has 2 aliphatic rings. The Balaban J connectivity index is 1.88. The van der Waals surface area contributed by atoms with Crippen LogP contribution in [0.1, 0.15) is 59.3 Å². The Morgan fingerprint density at radius 1 is 1.32 bits per heavy atom. The van der Waals surface area contributed by atoms with Crippen LogP contribution >= 0.6 is 0 Å². The molecule has 0 aromatic rings. The fourth-order valence-electron chi connectivity index (χ4n) is 2.73. The maximum atomic E-state index is 12.0. The van der Waals surface area contributed by atoms with Gasteiger partial charge in [-0.2, -0.15) is 0 Å². The number of nitrogens with one attached hydrogen (secondary N) is 1. The molecular formula is C15H28N2O2. The Hall–Kier alpha value is -0.610. The lowest BCUT2D eigenvalue weighted by Crippen LogP contribution is -2.50. The lowest BCUT2D eigenvalue weighted by Gasteiger charge is -2.43. The number of hydrogen-bond acceptors (Lipinski definition) is 3. The van der Waals surface area contributed by atoms with Gasteiger partial charge in [0.1, 0.15) is 6.10 Å². The number of carbonyl (C=O) groups is 1. The van der Waals surface area contributed by atoms with Crippen LogP contribution in [-0.4, -0.2) is 30.2 Å². The van der Waals surface area contributed by atoms with Crippen molar-refractivity contribution >= 4 is 5.91 Å². The van der Waals surface area contributed by atoms with Gasteiger partial charge in [-0.05, 0) is 50.9 Å². The maximum Gasteiger partial charge on any atom is 0.249 e. The predicted molar refractivity (Wildman–Crippen MR) is 75.7 cm³/mol. The van der Waals surface area contributed by atoms with Gasteiger partial charge in [0.15, 0.2) is 0 Å². The van der Waals surface area contributed by atoms with E-state index in [1.807, 2.05) is 6.92 Å². The van der Waals surface area contributed by atoms with Crippen LogP contribution in [0.15, 0.2) is 0 Å². The second-order valence-electron chi connectivity index (χ2n) is 7.09. The molecule has 4 heteroatoms. The topological polar surface area (TPSA) is 64.3 Å².